The molecule has 0 spiro atoms. The third-order valence-corrected chi connectivity index (χ3v) is 2.47. The molecule has 0 atom stereocenters. The summed E-state index contributed by atoms with van der Waals surface area (Å²) in [6.07, 6.45) is 1.15. The standard InChI is InChI=1S/C5H5NO5S/c7-6(8)4-12(9,10)5-2-1-3-11-5/h1-3H,4H2. The summed E-state index contributed by atoms with van der Waals surface area (Å²) >= 11 is 0. The number of rotatable bonds is 3. The maximum Gasteiger partial charge on any atom is 0.309 e. The van der Waals surface area contributed by atoms with Gasteiger partial charge in [0, 0.05) is 4.92 Å². The van der Waals surface area contributed by atoms with E-state index in [-0.39, 0.29) is 5.09 Å². The Bertz CT molecular complexity index is 365. The van der Waals surface area contributed by atoms with Crippen LogP contribution in [0.3, 0.4) is 0 Å². The molecule has 0 radical (unpaired) electrons. The molecule has 0 aliphatic heterocycles. The van der Waals surface area contributed by atoms with E-state index in [2.05, 4.69) is 4.42 Å². The van der Waals surface area contributed by atoms with Gasteiger partial charge in [0.1, 0.15) is 0 Å². The van der Waals surface area contributed by atoms with Crippen LogP contribution in [0, 0.1) is 10.1 Å². The SMILES string of the molecule is O=[N+]([O-])CS(=O)(=O)c1ccco1. The minimum atomic E-state index is -3.88. The van der Waals surface area contributed by atoms with Gasteiger partial charge >= 0.3 is 5.88 Å². The quantitative estimate of drug-likeness (QED) is 0.505. The lowest BCUT2D eigenvalue weighted by molar-refractivity contribution is -0.458. The van der Waals surface area contributed by atoms with Gasteiger partial charge in [0.15, 0.2) is 0 Å². The zero-order chi connectivity index (χ0) is 9.19. The van der Waals surface area contributed by atoms with Crippen molar-refractivity contribution < 1.29 is 17.8 Å². The second-order valence-corrected chi connectivity index (χ2v) is 3.90. The molecule has 1 heterocycles. The van der Waals surface area contributed by atoms with E-state index in [0.29, 0.717) is 0 Å². The molecule has 0 aliphatic carbocycles. The Morgan fingerprint density at radius 3 is 2.67 bits per heavy atom. The summed E-state index contributed by atoms with van der Waals surface area (Å²) in [5.74, 6) is -1.14. The van der Waals surface area contributed by atoms with Gasteiger partial charge in [-0.25, -0.2) is 8.42 Å². The molecule has 0 N–H and O–H groups in total. The molecule has 1 aromatic heterocycles. The maximum atomic E-state index is 11.0. The molecule has 66 valence electrons. The molecule has 7 heteroatoms. The van der Waals surface area contributed by atoms with Crippen molar-refractivity contribution in [3.8, 4) is 0 Å². The van der Waals surface area contributed by atoms with E-state index in [9.17, 15) is 18.5 Å². The number of sulfone groups is 1. The normalized spacial score (nSPS) is 11.3. The van der Waals surface area contributed by atoms with Crippen LogP contribution >= 0.6 is 0 Å². The van der Waals surface area contributed by atoms with Gasteiger partial charge in [0.05, 0.1) is 6.26 Å². The fourth-order valence-electron chi connectivity index (χ4n) is 0.643. The van der Waals surface area contributed by atoms with Gasteiger partial charge in [0.2, 0.25) is 5.09 Å². The van der Waals surface area contributed by atoms with Gasteiger partial charge in [0.25, 0.3) is 9.84 Å². The first kappa shape index (κ1) is 8.72. The van der Waals surface area contributed by atoms with Crippen molar-refractivity contribution in [1.29, 1.82) is 0 Å². The van der Waals surface area contributed by atoms with Gasteiger partial charge in [-0.2, -0.15) is 0 Å². The first-order valence-electron chi connectivity index (χ1n) is 2.90. The van der Waals surface area contributed by atoms with Crippen molar-refractivity contribution in [1.82, 2.24) is 0 Å². The van der Waals surface area contributed by atoms with Gasteiger partial charge in [-0.1, -0.05) is 0 Å². The molecular weight excluding hydrogens is 186 g/mol. The van der Waals surface area contributed by atoms with E-state index in [1.165, 1.54) is 12.1 Å². The molecule has 1 aromatic rings. The third-order valence-electron chi connectivity index (χ3n) is 1.08. The molecule has 0 saturated carbocycles. The predicted molar refractivity (Wildman–Crippen MR) is 37.8 cm³/mol. The van der Waals surface area contributed by atoms with Gasteiger partial charge < -0.3 is 4.42 Å². The van der Waals surface area contributed by atoms with Crippen molar-refractivity contribution in [3.05, 3.63) is 28.5 Å². The smallest absolute Gasteiger partial charge is 0.309 e. The minimum Gasteiger partial charge on any atom is -0.453 e. The Morgan fingerprint density at radius 1 is 1.58 bits per heavy atom. The van der Waals surface area contributed by atoms with Crippen molar-refractivity contribution >= 4 is 9.84 Å². The number of hydrogen-bond donors (Lipinski definition) is 0. The zero-order valence-corrected chi connectivity index (χ0v) is 6.65. The van der Waals surface area contributed by atoms with Crippen molar-refractivity contribution in [3.63, 3.8) is 0 Å². The van der Waals surface area contributed by atoms with Crippen molar-refractivity contribution in [2.45, 2.75) is 5.09 Å². The zero-order valence-electron chi connectivity index (χ0n) is 5.84. The number of hydrogen-bond acceptors (Lipinski definition) is 5. The highest BCUT2D eigenvalue weighted by molar-refractivity contribution is 7.91. The Morgan fingerprint density at radius 2 is 2.25 bits per heavy atom. The molecule has 6 nitrogen and oxygen atoms in total. The Kier molecular flexibility index (Phi) is 2.13. The van der Waals surface area contributed by atoms with Gasteiger partial charge in [-0.3, -0.25) is 10.1 Å². The lowest BCUT2D eigenvalue weighted by Crippen LogP contribution is -2.13. The van der Waals surface area contributed by atoms with E-state index in [4.69, 9.17) is 0 Å². The Labute approximate surface area is 67.9 Å². The molecule has 0 saturated heterocycles. The summed E-state index contributed by atoms with van der Waals surface area (Å²) in [6.45, 7) is 0. The topological polar surface area (TPSA) is 90.4 Å². The van der Waals surface area contributed by atoms with E-state index >= 15 is 0 Å². The first-order valence-corrected chi connectivity index (χ1v) is 4.55. The fraction of sp³-hybridized carbons (Fsp3) is 0.200. The Hall–Kier alpha value is -1.37. The average molecular weight is 191 g/mol. The van der Waals surface area contributed by atoms with E-state index in [0.717, 1.165) is 6.26 Å². The van der Waals surface area contributed by atoms with Gasteiger partial charge in [-0.15, -0.1) is 0 Å². The van der Waals surface area contributed by atoms with Crippen molar-refractivity contribution in [2.24, 2.45) is 0 Å². The summed E-state index contributed by atoms with van der Waals surface area (Å²) in [5.41, 5.74) is 0. The minimum absolute atomic E-state index is 0.376. The van der Waals surface area contributed by atoms with Crippen LogP contribution in [-0.2, 0) is 9.84 Å². The van der Waals surface area contributed by atoms with E-state index in [1.54, 1.807) is 0 Å². The molecule has 12 heavy (non-hydrogen) atoms. The van der Waals surface area contributed by atoms with Crippen LogP contribution in [0.4, 0.5) is 0 Å². The van der Waals surface area contributed by atoms with Crippen LogP contribution in [-0.4, -0.2) is 19.2 Å². The third kappa shape index (κ3) is 1.82. The van der Waals surface area contributed by atoms with E-state index < -0.39 is 20.6 Å². The number of furan rings is 1. The monoisotopic (exact) mass is 191 g/mol. The van der Waals surface area contributed by atoms with Crippen LogP contribution < -0.4 is 0 Å². The summed E-state index contributed by atoms with van der Waals surface area (Å²) in [4.78, 5) is 8.98. The van der Waals surface area contributed by atoms with Crippen LogP contribution in [0.5, 0.6) is 0 Å². The van der Waals surface area contributed by atoms with Crippen LogP contribution in [0.1, 0.15) is 0 Å². The first-order chi connectivity index (χ1) is 5.52. The summed E-state index contributed by atoms with van der Waals surface area (Å²) in [5, 5.41) is 9.52. The van der Waals surface area contributed by atoms with Crippen LogP contribution in [0.25, 0.3) is 0 Å². The summed E-state index contributed by atoms with van der Waals surface area (Å²) in [7, 11) is -3.88. The lowest BCUT2D eigenvalue weighted by atomic mass is 10.7. The molecule has 0 amide bonds. The molecule has 0 aromatic carbocycles. The average Bonchev–Trinajstić information content (AvgIpc) is 2.32. The highest BCUT2D eigenvalue weighted by Gasteiger charge is 2.23. The highest BCUT2D eigenvalue weighted by atomic mass is 32.2. The maximum absolute atomic E-state index is 11.0. The molecule has 1 rings (SSSR count). The summed E-state index contributed by atoms with van der Waals surface area (Å²) < 4.78 is 26.4. The molecular formula is C5H5NO5S. The van der Waals surface area contributed by atoms with Crippen LogP contribution in [0.15, 0.2) is 27.9 Å². The highest BCUT2D eigenvalue weighted by Crippen LogP contribution is 2.10. The number of nitrogens with zero attached hydrogens (tertiary/aromatic N) is 1. The number of nitro groups is 1. The van der Waals surface area contributed by atoms with Gasteiger partial charge in [-0.05, 0) is 12.1 Å². The predicted octanol–water partition coefficient (Wildman–Crippen LogP) is 0.287. The Balaban J connectivity index is 2.96. The second-order valence-electron chi connectivity index (χ2n) is 2.01. The molecule has 0 aliphatic rings. The lowest BCUT2D eigenvalue weighted by Gasteiger charge is -1.92. The van der Waals surface area contributed by atoms with Crippen molar-refractivity contribution in [2.75, 3.05) is 5.88 Å². The molecule has 0 bridgehead atoms. The fourth-order valence-corrected chi connectivity index (χ4v) is 1.54. The largest absolute Gasteiger partial charge is 0.453 e. The van der Waals surface area contributed by atoms with Crippen LogP contribution in [0.2, 0.25) is 0 Å². The molecule has 0 fully saturated rings. The van der Waals surface area contributed by atoms with E-state index in [1.807, 2.05) is 0 Å². The molecule has 0 unspecified atom stereocenters. The second kappa shape index (κ2) is 2.94. The summed E-state index contributed by atoms with van der Waals surface area (Å²) in [6, 6.07) is 2.52.